The number of nitrogens with zero attached hydrogens (tertiary/aromatic N) is 3. The lowest BCUT2D eigenvalue weighted by Gasteiger charge is -2.23. The van der Waals surface area contributed by atoms with E-state index in [-0.39, 0.29) is 0 Å². The number of aromatic nitrogens is 3. The maximum atomic E-state index is 13.5. The first-order valence-corrected chi connectivity index (χ1v) is 6.59. The van der Waals surface area contributed by atoms with Gasteiger partial charge in [0, 0.05) is 6.07 Å². The molecule has 1 atom stereocenters. The molecule has 0 amide bonds. The summed E-state index contributed by atoms with van der Waals surface area (Å²) in [6.45, 7) is 0. The average Bonchev–Trinajstić information content (AvgIpc) is 3.16. The van der Waals surface area contributed by atoms with Gasteiger partial charge < -0.3 is 9.73 Å². The van der Waals surface area contributed by atoms with Crippen LogP contribution in [0.3, 0.4) is 0 Å². The number of fused-ring (bicyclic) bond motifs is 1. The second-order valence-corrected chi connectivity index (χ2v) is 4.86. The van der Waals surface area contributed by atoms with Gasteiger partial charge in [-0.15, -0.1) is 0 Å². The van der Waals surface area contributed by atoms with Crippen molar-refractivity contribution in [3.05, 3.63) is 72.0 Å². The Morgan fingerprint density at radius 1 is 1.18 bits per heavy atom. The van der Waals surface area contributed by atoms with E-state index in [1.807, 2.05) is 0 Å². The van der Waals surface area contributed by atoms with Gasteiger partial charge in [0.15, 0.2) is 0 Å². The summed E-state index contributed by atoms with van der Waals surface area (Å²) >= 11 is 0. The van der Waals surface area contributed by atoms with Gasteiger partial charge in [0.1, 0.15) is 29.8 Å². The van der Waals surface area contributed by atoms with Gasteiger partial charge in [-0.05, 0) is 35.9 Å². The molecular weight excluding hydrogens is 290 g/mol. The Morgan fingerprint density at radius 3 is 2.73 bits per heavy atom. The molecular formula is C15H10F2N4O. The molecule has 0 fully saturated rings. The monoisotopic (exact) mass is 300 g/mol. The van der Waals surface area contributed by atoms with Crippen LogP contribution < -0.4 is 5.32 Å². The number of benzene rings is 1. The third kappa shape index (κ3) is 2.07. The molecule has 22 heavy (non-hydrogen) atoms. The van der Waals surface area contributed by atoms with Crippen molar-refractivity contribution in [1.29, 1.82) is 0 Å². The molecule has 3 heterocycles. The second-order valence-electron chi connectivity index (χ2n) is 4.86. The van der Waals surface area contributed by atoms with Crippen LogP contribution in [-0.2, 0) is 0 Å². The molecule has 1 N–H and O–H groups in total. The van der Waals surface area contributed by atoms with Gasteiger partial charge in [-0.1, -0.05) is 0 Å². The first-order chi connectivity index (χ1) is 10.7. The predicted octanol–water partition coefficient (Wildman–Crippen LogP) is 3.21. The molecule has 0 saturated carbocycles. The minimum atomic E-state index is -0.636. The Balaban J connectivity index is 1.86. The number of furan rings is 1. The Hall–Kier alpha value is -2.96. The highest BCUT2D eigenvalue weighted by Crippen LogP contribution is 2.32. The van der Waals surface area contributed by atoms with Crippen LogP contribution in [0.4, 0.5) is 14.7 Å². The van der Waals surface area contributed by atoms with Gasteiger partial charge in [-0.3, -0.25) is 0 Å². The normalized spacial score (nSPS) is 16.8. The summed E-state index contributed by atoms with van der Waals surface area (Å²) in [5.74, 6) is -0.189. The van der Waals surface area contributed by atoms with Crippen LogP contribution in [0.2, 0.25) is 0 Å². The van der Waals surface area contributed by atoms with E-state index in [0.717, 1.165) is 6.07 Å². The van der Waals surface area contributed by atoms with E-state index in [0.29, 0.717) is 23.0 Å². The molecule has 0 spiro atoms. The summed E-state index contributed by atoms with van der Waals surface area (Å²) < 4.78 is 33.9. The average molecular weight is 300 g/mol. The summed E-state index contributed by atoms with van der Waals surface area (Å²) in [5, 5.41) is 7.19. The molecule has 1 aliphatic heterocycles. The zero-order chi connectivity index (χ0) is 15.1. The maximum absolute atomic E-state index is 13.5. The molecule has 0 unspecified atom stereocenters. The predicted molar refractivity (Wildman–Crippen MR) is 74.8 cm³/mol. The fourth-order valence-corrected chi connectivity index (χ4v) is 2.49. The molecule has 7 heteroatoms. The van der Waals surface area contributed by atoms with Crippen molar-refractivity contribution < 1.29 is 13.2 Å². The highest BCUT2D eigenvalue weighted by atomic mass is 19.1. The number of nitrogens with one attached hydrogen (secondary N) is 1. The fraction of sp³-hybridized carbons (Fsp3) is 0.0667. The molecule has 1 aliphatic rings. The minimum Gasteiger partial charge on any atom is -0.463 e. The van der Waals surface area contributed by atoms with Crippen molar-refractivity contribution in [2.45, 2.75) is 6.04 Å². The Bertz CT molecular complexity index is 834. The third-order valence-electron chi connectivity index (χ3n) is 3.42. The van der Waals surface area contributed by atoms with E-state index in [1.165, 1.54) is 18.5 Å². The van der Waals surface area contributed by atoms with E-state index in [4.69, 9.17) is 4.42 Å². The zero-order valence-corrected chi connectivity index (χ0v) is 11.2. The standard InChI is InChI=1S/C15H10F2N4O/c16-10-4-9(5-11(17)6-10)13-7-12(14-2-1-3-22-14)20-15-18-8-19-21(13)15/h1-8,13H,(H,18,19,20)/t13-/m1/s1. The summed E-state index contributed by atoms with van der Waals surface area (Å²) in [7, 11) is 0. The smallest absolute Gasteiger partial charge is 0.226 e. The van der Waals surface area contributed by atoms with Crippen LogP contribution in [0.5, 0.6) is 0 Å². The van der Waals surface area contributed by atoms with Gasteiger partial charge in [0.25, 0.3) is 0 Å². The number of rotatable bonds is 2. The number of hydrogen-bond donors (Lipinski definition) is 1. The van der Waals surface area contributed by atoms with Crippen molar-refractivity contribution in [1.82, 2.24) is 14.8 Å². The molecule has 0 bridgehead atoms. The Kier molecular flexibility index (Phi) is 2.78. The lowest BCUT2D eigenvalue weighted by Crippen LogP contribution is -2.20. The van der Waals surface area contributed by atoms with E-state index in [1.54, 1.807) is 29.2 Å². The molecule has 0 aliphatic carbocycles. The summed E-state index contributed by atoms with van der Waals surface area (Å²) in [6, 6.07) is 6.46. The van der Waals surface area contributed by atoms with E-state index in [2.05, 4.69) is 15.4 Å². The van der Waals surface area contributed by atoms with Gasteiger partial charge in [0.2, 0.25) is 5.95 Å². The van der Waals surface area contributed by atoms with Crippen LogP contribution >= 0.6 is 0 Å². The van der Waals surface area contributed by atoms with Crippen LogP contribution in [-0.4, -0.2) is 14.8 Å². The third-order valence-corrected chi connectivity index (χ3v) is 3.42. The van der Waals surface area contributed by atoms with E-state index in [9.17, 15) is 8.78 Å². The van der Waals surface area contributed by atoms with Gasteiger partial charge >= 0.3 is 0 Å². The lowest BCUT2D eigenvalue weighted by atomic mass is 10.0. The number of allylic oxidation sites excluding steroid dienone is 1. The number of hydrogen-bond acceptors (Lipinski definition) is 4. The topological polar surface area (TPSA) is 55.9 Å². The quantitative estimate of drug-likeness (QED) is 0.789. The van der Waals surface area contributed by atoms with Crippen molar-refractivity contribution in [3.63, 3.8) is 0 Å². The van der Waals surface area contributed by atoms with Crippen molar-refractivity contribution in [2.24, 2.45) is 0 Å². The van der Waals surface area contributed by atoms with Gasteiger partial charge in [-0.25, -0.2) is 13.5 Å². The molecule has 0 radical (unpaired) electrons. The molecule has 3 aromatic rings. The van der Waals surface area contributed by atoms with Crippen molar-refractivity contribution in [3.8, 4) is 0 Å². The zero-order valence-electron chi connectivity index (χ0n) is 11.2. The summed E-state index contributed by atoms with van der Waals surface area (Å²) in [4.78, 5) is 4.11. The molecule has 5 nitrogen and oxygen atoms in total. The van der Waals surface area contributed by atoms with Gasteiger partial charge in [-0.2, -0.15) is 10.1 Å². The first kappa shape index (κ1) is 12.8. The Morgan fingerprint density at radius 2 is 2.00 bits per heavy atom. The van der Waals surface area contributed by atoms with Crippen molar-refractivity contribution >= 4 is 11.6 Å². The summed E-state index contributed by atoms with van der Waals surface area (Å²) in [5.41, 5.74) is 1.11. The highest BCUT2D eigenvalue weighted by Gasteiger charge is 2.25. The Labute approximate surface area is 123 Å². The number of anilines is 1. The van der Waals surface area contributed by atoms with E-state index < -0.39 is 17.7 Å². The van der Waals surface area contributed by atoms with Crippen LogP contribution in [0.1, 0.15) is 17.4 Å². The molecule has 2 aromatic heterocycles. The molecule has 1 aromatic carbocycles. The second kappa shape index (κ2) is 4.80. The molecule has 110 valence electrons. The van der Waals surface area contributed by atoms with Crippen LogP contribution in [0, 0.1) is 11.6 Å². The molecule has 0 saturated heterocycles. The van der Waals surface area contributed by atoms with Gasteiger partial charge in [0.05, 0.1) is 12.0 Å². The minimum absolute atomic E-state index is 0.440. The first-order valence-electron chi connectivity index (χ1n) is 6.59. The fourth-order valence-electron chi connectivity index (χ4n) is 2.49. The van der Waals surface area contributed by atoms with E-state index >= 15 is 0 Å². The highest BCUT2D eigenvalue weighted by molar-refractivity contribution is 5.74. The van der Waals surface area contributed by atoms with Crippen molar-refractivity contribution in [2.75, 3.05) is 5.32 Å². The summed E-state index contributed by atoms with van der Waals surface area (Å²) in [6.07, 6.45) is 4.71. The molecule has 4 rings (SSSR count). The van der Waals surface area contributed by atoms with Crippen LogP contribution in [0.15, 0.2) is 53.4 Å². The largest absolute Gasteiger partial charge is 0.463 e. The van der Waals surface area contributed by atoms with Crippen LogP contribution in [0.25, 0.3) is 5.70 Å². The number of halogens is 2. The maximum Gasteiger partial charge on any atom is 0.226 e. The lowest BCUT2D eigenvalue weighted by molar-refractivity contribution is 0.544. The SMILES string of the molecule is Fc1cc(F)cc([C@H]2C=C(c3ccco3)Nc3ncnn32)c1.